The molecule has 0 amide bonds. The van der Waals surface area contributed by atoms with Crippen LogP contribution in [0.2, 0.25) is 0 Å². The van der Waals surface area contributed by atoms with Crippen LogP contribution in [0.3, 0.4) is 0 Å². The van der Waals surface area contributed by atoms with Crippen LogP contribution in [0.1, 0.15) is 11.1 Å². The van der Waals surface area contributed by atoms with Crippen LogP contribution in [-0.2, 0) is 0 Å². The molecule has 3 aromatic heterocycles. The second-order valence-electron chi connectivity index (χ2n) is 9.59. The zero-order valence-electron chi connectivity index (χ0n) is 21.9. The van der Waals surface area contributed by atoms with Gasteiger partial charge in [0.05, 0.1) is 46.2 Å². The van der Waals surface area contributed by atoms with Crippen molar-refractivity contribution < 1.29 is 9.13 Å². The van der Waals surface area contributed by atoms with Gasteiger partial charge in [-0.15, -0.1) is 0 Å². The van der Waals surface area contributed by atoms with Gasteiger partial charge in [0.1, 0.15) is 23.1 Å². The van der Waals surface area contributed by atoms with Crippen molar-refractivity contribution in [1.29, 1.82) is 10.5 Å². The summed E-state index contributed by atoms with van der Waals surface area (Å²) in [6.07, 6.45) is 4.88. The average Bonchev–Trinajstić information content (AvgIpc) is 3.64. The third kappa shape index (κ3) is 4.21. The van der Waals surface area contributed by atoms with Crippen molar-refractivity contribution in [3.8, 4) is 46.3 Å². The summed E-state index contributed by atoms with van der Waals surface area (Å²) in [5.41, 5.74) is 4.53. The van der Waals surface area contributed by atoms with E-state index in [1.807, 2.05) is 71.3 Å². The van der Waals surface area contributed by atoms with Gasteiger partial charge in [-0.25, -0.2) is 14.1 Å². The smallest absolute Gasteiger partial charge is 0.140 e. The van der Waals surface area contributed by atoms with Gasteiger partial charge < -0.3 is 4.74 Å². The number of nitrogens with zero attached hydrogens (tertiary/aromatic N) is 6. The van der Waals surface area contributed by atoms with E-state index in [0.717, 1.165) is 27.5 Å². The van der Waals surface area contributed by atoms with Gasteiger partial charge in [0, 0.05) is 52.5 Å². The summed E-state index contributed by atoms with van der Waals surface area (Å²) in [6, 6.07) is 33.3. The van der Waals surface area contributed by atoms with Crippen LogP contribution < -0.4 is 4.74 Å². The molecule has 0 bridgehead atoms. The third-order valence-electron chi connectivity index (χ3n) is 7.08. The lowest BCUT2D eigenvalue weighted by atomic mass is 9.98. The Morgan fingerprint density at radius 1 is 0.738 bits per heavy atom. The number of para-hydroxylation sites is 1. The monoisotopic (exact) mass is 546 g/mol. The summed E-state index contributed by atoms with van der Waals surface area (Å²) in [6.45, 7) is 0. The number of aromatic nitrogens is 4. The highest BCUT2D eigenvalue weighted by molar-refractivity contribution is 6.09. The topological polar surface area (TPSA) is 92.5 Å². The Morgan fingerprint density at radius 2 is 1.50 bits per heavy atom. The Kier molecular flexibility index (Phi) is 5.93. The fraction of sp³-hybridized carbons (Fsp3) is 0. The quantitative estimate of drug-likeness (QED) is 0.221. The summed E-state index contributed by atoms with van der Waals surface area (Å²) >= 11 is 0. The predicted octanol–water partition coefficient (Wildman–Crippen LogP) is 7.71. The first-order chi connectivity index (χ1) is 20.6. The van der Waals surface area contributed by atoms with Crippen molar-refractivity contribution in [3.63, 3.8) is 0 Å². The molecule has 0 saturated heterocycles. The summed E-state index contributed by atoms with van der Waals surface area (Å²) in [7, 11) is 0. The summed E-state index contributed by atoms with van der Waals surface area (Å²) in [5.74, 6) is 1.30. The van der Waals surface area contributed by atoms with Crippen LogP contribution in [-0.4, -0.2) is 19.3 Å². The van der Waals surface area contributed by atoms with E-state index in [1.54, 1.807) is 35.3 Å². The zero-order valence-corrected chi connectivity index (χ0v) is 21.9. The maximum atomic E-state index is 14.2. The van der Waals surface area contributed by atoms with Crippen molar-refractivity contribution in [1.82, 2.24) is 19.3 Å². The molecule has 0 saturated carbocycles. The van der Waals surface area contributed by atoms with Crippen LogP contribution >= 0.6 is 0 Å². The van der Waals surface area contributed by atoms with E-state index in [4.69, 9.17) is 4.74 Å². The van der Waals surface area contributed by atoms with E-state index in [1.165, 1.54) is 18.3 Å². The second-order valence-corrected chi connectivity index (χ2v) is 9.59. The number of ether oxygens (including phenoxy) is 1. The van der Waals surface area contributed by atoms with Gasteiger partial charge >= 0.3 is 0 Å². The van der Waals surface area contributed by atoms with Crippen LogP contribution in [0.25, 0.3) is 44.4 Å². The minimum absolute atomic E-state index is 0.364. The normalized spacial score (nSPS) is 10.9. The molecule has 42 heavy (non-hydrogen) atoms. The number of halogens is 1. The number of hydrogen-bond acceptors (Lipinski definition) is 5. The van der Waals surface area contributed by atoms with E-state index in [0.29, 0.717) is 39.6 Å². The highest BCUT2D eigenvalue weighted by atomic mass is 19.1. The number of fused-ring (bicyclic) bond motifs is 3. The second kappa shape index (κ2) is 10.1. The van der Waals surface area contributed by atoms with E-state index >= 15 is 0 Å². The molecule has 0 atom stereocenters. The minimum Gasteiger partial charge on any atom is -0.457 e. The van der Waals surface area contributed by atoms with Crippen molar-refractivity contribution >= 4 is 21.8 Å². The standard InChI is InChI=1S/C34H19FN6O/c35-25-13-14-38-33(15-25)41-31-10-2-1-9-29(31)30-12-11-28(17-32(30)41)42-27-8-4-7-26(16-27)40-21-24(20-39-40)34-22(18-36)5-3-6-23(34)19-37/h1-17,20-21H. The molecular weight excluding hydrogens is 527 g/mol. The van der Waals surface area contributed by atoms with Gasteiger partial charge in [-0.3, -0.25) is 4.57 Å². The number of hydrogen-bond donors (Lipinski definition) is 0. The molecule has 7 nitrogen and oxygen atoms in total. The molecule has 0 unspecified atom stereocenters. The highest BCUT2D eigenvalue weighted by Gasteiger charge is 2.16. The summed E-state index contributed by atoms with van der Waals surface area (Å²) in [4.78, 5) is 4.42. The number of pyridine rings is 1. The molecule has 3 heterocycles. The first-order valence-electron chi connectivity index (χ1n) is 13.0. The average molecular weight is 547 g/mol. The first kappa shape index (κ1) is 24.8. The van der Waals surface area contributed by atoms with Crippen LogP contribution in [0.4, 0.5) is 4.39 Å². The Morgan fingerprint density at radius 3 is 2.31 bits per heavy atom. The first-order valence-corrected chi connectivity index (χ1v) is 13.0. The molecule has 0 N–H and O–H groups in total. The lowest BCUT2D eigenvalue weighted by Gasteiger charge is -2.10. The fourth-order valence-corrected chi connectivity index (χ4v) is 5.24. The number of rotatable bonds is 5. The molecule has 198 valence electrons. The fourth-order valence-electron chi connectivity index (χ4n) is 5.24. The van der Waals surface area contributed by atoms with E-state index in [9.17, 15) is 14.9 Å². The predicted molar refractivity (Wildman–Crippen MR) is 157 cm³/mol. The Hall–Kier alpha value is -6.25. The van der Waals surface area contributed by atoms with Gasteiger partial charge in [0.2, 0.25) is 0 Å². The summed E-state index contributed by atoms with van der Waals surface area (Å²) < 4.78 is 24.1. The van der Waals surface area contributed by atoms with E-state index in [-0.39, 0.29) is 5.82 Å². The van der Waals surface area contributed by atoms with Crippen molar-refractivity contribution in [2.45, 2.75) is 0 Å². The summed E-state index contributed by atoms with van der Waals surface area (Å²) in [5, 5.41) is 25.7. The van der Waals surface area contributed by atoms with Gasteiger partial charge in [-0.05, 0) is 48.5 Å². The Bertz CT molecular complexity index is 2200. The molecule has 7 aromatic rings. The third-order valence-corrected chi connectivity index (χ3v) is 7.08. The molecular formula is C34H19FN6O. The van der Waals surface area contributed by atoms with Crippen LogP contribution in [0, 0.1) is 28.5 Å². The molecule has 0 radical (unpaired) electrons. The van der Waals surface area contributed by atoms with Crippen molar-refractivity contribution in [2.75, 3.05) is 0 Å². The molecule has 4 aromatic carbocycles. The van der Waals surface area contributed by atoms with Crippen LogP contribution in [0.5, 0.6) is 11.5 Å². The molecule has 7 rings (SSSR count). The van der Waals surface area contributed by atoms with Crippen molar-refractivity contribution in [3.05, 3.63) is 133 Å². The SMILES string of the molecule is N#Cc1cccc(C#N)c1-c1cnn(-c2cccc(Oc3ccc4c5ccccc5n(-c5cc(F)ccn5)c4c3)c2)c1. The zero-order chi connectivity index (χ0) is 28.6. The maximum absolute atomic E-state index is 14.2. The molecule has 0 aliphatic rings. The molecule has 0 aliphatic carbocycles. The van der Waals surface area contributed by atoms with Gasteiger partial charge in [0.15, 0.2) is 0 Å². The number of benzene rings is 4. The van der Waals surface area contributed by atoms with Gasteiger partial charge in [-0.1, -0.05) is 30.3 Å². The van der Waals surface area contributed by atoms with Crippen LogP contribution in [0.15, 0.2) is 116 Å². The minimum atomic E-state index is -0.364. The maximum Gasteiger partial charge on any atom is 0.140 e. The molecule has 0 fully saturated rings. The lowest BCUT2D eigenvalue weighted by Crippen LogP contribution is -1.98. The van der Waals surface area contributed by atoms with Gasteiger partial charge in [-0.2, -0.15) is 15.6 Å². The largest absolute Gasteiger partial charge is 0.457 e. The Balaban J connectivity index is 1.26. The van der Waals surface area contributed by atoms with Crippen molar-refractivity contribution in [2.24, 2.45) is 0 Å². The van der Waals surface area contributed by atoms with Gasteiger partial charge in [0.25, 0.3) is 0 Å². The number of nitriles is 2. The Labute approximate surface area is 239 Å². The van der Waals surface area contributed by atoms with E-state index < -0.39 is 0 Å². The molecule has 0 spiro atoms. The lowest BCUT2D eigenvalue weighted by molar-refractivity contribution is 0.483. The molecule has 0 aliphatic heterocycles. The molecule has 8 heteroatoms. The van der Waals surface area contributed by atoms with E-state index in [2.05, 4.69) is 22.2 Å². The highest BCUT2D eigenvalue weighted by Crippen LogP contribution is 2.35.